The number of hydrogen-bond acceptors (Lipinski definition) is 8. The third kappa shape index (κ3) is 14.7. The van der Waals surface area contributed by atoms with Crippen LogP contribution < -0.4 is 15.5 Å². The molecule has 1 unspecified atom stereocenters. The SMILES string of the molecule is CC.CC.CC(C)(C)OC(=O)NCc1ccccn1.CCN(C(=O)C(C)NC(=O)c1nccc(C(F)(F)F)n1)c1c(C(C)C)cnn1-c1ccccc1. The summed E-state index contributed by atoms with van der Waals surface area (Å²) in [4.78, 5) is 49.6. The molecule has 53 heavy (non-hydrogen) atoms. The van der Waals surface area contributed by atoms with Gasteiger partial charge in [-0.15, -0.1) is 0 Å². The second-order valence-electron chi connectivity index (χ2n) is 12.0. The number of hydrogen-bond donors (Lipinski definition) is 2. The zero-order valence-electron chi connectivity index (χ0n) is 32.4. The monoisotopic (exact) mass is 742 g/mol. The number of benzene rings is 1. The van der Waals surface area contributed by atoms with Crippen molar-refractivity contribution in [1.29, 1.82) is 0 Å². The number of carbonyl (C=O) groups is 3. The van der Waals surface area contributed by atoms with Gasteiger partial charge in [-0.1, -0.05) is 65.8 Å². The maximum Gasteiger partial charge on any atom is 0.433 e. The predicted octanol–water partition coefficient (Wildman–Crippen LogP) is 8.13. The molecule has 0 aliphatic heterocycles. The zero-order valence-corrected chi connectivity index (χ0v) is 32.4. The fourth-order valence-corrected chi connectivity index (χ4v) is 4.36. The van der Waals surface area contributed by atoms with Gasteiger partial charge in [-0.2, -0.15) is 18.3 Å². The van der Waals surface area contributed by atoms with Crippen molar-refractivity contribution in [2.75, 3.05) is 11.4 Å². The molecule has 0 fully saturated rings. The second-order valence-corrected chi connectivity index (χ2v) is 12.0. The second kappa shape index (κ2) is 21.9. The first-order valence-corrected chi connectivity index (χ1v) is 17.5. The number of para-hydroxylation sites is 1. The molecule has 290 valence electrons. The standard InChI is InChI=1S/C23H25F3N6O2.C11H16N2O2.2C2H6/c1-5-31(21-17(14(2)3)13-28-32(21)16-9-7-6-8-10-16)22(34)15(4)29-20(33)19-27-12-11-18(30-19)23(24,25)26;1-11(2,3)15-10(14)13-8-9-6-4-5-7-12-9;2*1-2/h6-15H,5H2,1-4H3,(H,29,33);4-7H,8H2,1-3H3,(H,13,14);2*1-2H3. The Morgan fingerprint density at radius 1 is 0.887 bits per heavy atom. The van der Waals surface area contributed by atoms with Crippen LogP contribution in [0.5, 0.6) is 0 Å². The summed E-state index contributed by atoms with van der Waals surface area (Å²) in [6, 6.07) is 14.4. The molecule has 0 bridgehead atoms. The van der Waals surface area contributed by atoms with Gasteiger partial charge in [-0.3, -0.25) is 19.5 Å². The maximum atomic E-state index is 13.4. The average molecular weight is 743 g/mol. The quantitative estimate of drug-likeness (QED) is 0.175. The van der Waals surface area contributed by atoms with Crippen molar-refractivity contribution in [2.45, 2.75) is 106 Å². The normalized spacial score (nSPS) is 11.3. The molecule has 4 rings (SSSR count). The minimum absolute atomic E-state index is 0.0534. The molecule has 0 aliphatic rings. The summed E-state index contributed by atoms with van der Waals surface area (Å²) in [5.41, 5.74) is 0.691. The number of halogens is 3. The highest BCUT2D eigenvalue weighted by Crippen LogP contribution is 2.31. The molecule has 3 heterocycles. The predicted molar refractivity (Wildman–Crippen MR) is 200 cm³/mol. The largest absolute Gasteiger partial charge is 0.444 e. The number of aromatic nitrogens is 5. The highest BCUT2D eigenvalue weighted by molar-refractivity contribution is 6.01. The molecule has 12 nitrogen and oxygen atoms in total. The minimum Gasteiger partial charge on any atom is -0.444 e. The molecule has 0 aliphatic carbocycles. The summed E-state index contributed by atoms with van der Waals surface area (Å²) in [7, 11) is 0. The number of anilines is 1. The van der Waals surface area contributed by atoms with E-state index < -0.39 is 47.2 Å². The fraction of sp³-hybridized carbons (Fsp3) is 0.447. The molecule has 15 heteroatoms. The van der Waals surface area contributed by atoms with Gasteiger partial charge in [-0.25, -0.2) is 19.4 Å². The van der Waals surface area contributed by atoms with Gasteiger partial charge >= 0.3 is 12.3 Å². The summed E-state index contributed by atoms with van der Waals surface area (Å²) >= 11 is 0. The van der Waals surface area contributed by atoms with E-state index in [1.807, 2.05) is 111 Å². The van der Waals surface area contributed by atoms with Gasteiger partial charge in [-0.05, 0) is 70.9 Å². The van der Waals surface area contributed by atoms with E-state index >= 15 is 0 Å². The third-order valence-electron chi connectivity index (χ3n) is 6.64. The smallest absolute Gasteiger partial charge is 0.433 e. The number of nitrogens with zero attached hydrogens (tertiary/aromatic N) is 6. The molecule has 1 aromatic carbocycles. The Balaban J connectivity index is 0.000000617. The van der Waals surface area contributed by atoms with E-state index in [2.05, 4.69) is 30.7 Å². The van der Waals surface area contributed by atoms with Crippen molar-refractivity contribution in [3.8, 4) is 5.69 Å². The first kappa shape index (κ1) is 45.7. The van der Waals surface area contributed by atoms with Crippen LogP contribution in [0.3, 0.4) is 0 Å². The van der Waals surface area contributed by atoms with Gasteiger partial charge in [0.15, 0.2) is 0 Å². The molecule has 3 aromatic heterocycles. The molecular formula is C38H53F3N8O4. The van der Waals surface area contributed by atoms with Crippen molar-refractivity contribution >= 4 is 23.7 Å². The van der Waals surface area contributed by atoms with Gasteiger partial charge in [0.2, 0.25) is 11.7 Å². The van der Waals surface area contributed by atoms with Crippen molar-refractivity contribution in [2.24, 2.45) is 0 Å². The number of nitrogens with one attached hydrogen (secondary N) is 2. The van der Waals surface area contributed by atoms with Gasteiger partial charge in [0.1, 0.15) is 23.2 Å². The molecular weight excluding hydrogens is 689 g/mol. The number of likely N-dealkylation sites (N-methyl/N-ethyl adjacent to an activating group) is 1. The first-order chi connectivity index (χ1) is 25.0. The average Bonchev–Trinajstić information content (AvgIpc) is 3.58. The van der Waals surface area contributed by atoms with Crippen LogP contribution in [0.1, 0.15) is 110 Å². The Hall–Kier alpha value is -5.34. The van der Waals surface area contributed by atoms with Crippen LogP contribution in [0.15, 0.2) is 73.2 Å². The Kier molecular flexibility index (Phi) is 18.9. The van der Waals surface area contributed by atoms with E-state index in [1.165, 1.54) is 11.8 Å². The molecule has 3 amide bonds. The van der Waals surface area contributed by atoms with E-state index in [-0.39, 0.29) is 12.5 Å². The third-order valence-corrected chi connectivity index (χ3v) is 6.64. The lowest BCUT2D eigenvalue weighted by molar-refractivity contribution is -0.141. The number of ether oxygens (including phenoxy) is 1. The van der Waals surface area contributed by atoms with Crippen LogP contribution in [0.25, 0.3) is 5.69 Å². The van der Waals surface area contributed by atoms with Crippen LogP contribution >= 0.6 is 0 Å². The van der Waals surface area contributed by atoms with Crippen molar-refractivity contribution in [3.05, 3.63) is 96.0 Å². The maximum absolute atomic E-state index is 13.4. The Labute approximate surface area is 310 Å². The number of alkyl carbamates (subject to hydrolysis) is 1. The molecule has 4 aromatic rings. The number of carbonyl (C=O) groups excluding carboxylic acids is 3. The molecule has 1 atom stereocenters. The molecule has 0 saturated heterocycles. The van der Waals surface area contributed by atoms with Crippen LogP contribution in [-0.2, 0) is 22.3 Å². The van der Waals surface area contributed by atoms with E-state index in [4.69, 9.17) is 4.74 Å². The highest BCUT2D eigenvalue weighted by Gasteiger charge is 2.34. The highest BCUT2D eigenvalue weighted by atomic mass is 19.4. The number of rotatable bonds is 9. The molecule has 2 N–H and O–H groups in total. The van der Waals surface area contributed by atoms with Crippen molar-refractivity contribution < 1.29 is 32.3 Å². The van der Waals surface area contributed by atoms with Crippen molar-refractivity contribution in [1.82, 2.24) is 35.4 Å². The van der Waals surface area contributed by atoms with Gasteiger partial charge in [0.05, 0.1) is 24.1 Å². The topological polar surface area (TPSA) is 144 Å². The van der Waals surface area contributed by atoms with Crippen LogP contribution in [0, 0.1) is 0 Å². The summed E-state index contributed by atoms with van der Waals surface area (Å²) in [5.74, 6) is -1.50. The van der Waals surface area contributed by atoms with E-state index in [1.54, 1.807) is 24.0 Å². The van der Waals surface area contributed by atoms with E-state index in [0.717, 1.165) is 23.1 Å². The van der Waals surface area contributed by atoms with Crippen LogP contribution in [-0.4, -0.2) is 60.8 Å². The van der Waals surface area contributed by atoms with Crippen LogP contribution in [0.4, 0.5) is 23.8 Å². The number of amides is 3. The number of alkyl halides is 3. The summed E-state index contributed by atoms with van der Waals surface area (Å²) in [5, 5.41) is 9.51. The lowest BCUT2D eigenvalue weighted by Crippen LogP contribution is -2.48. The summed E-state index contributed by atoms with van der Waals surface area (Å²) in [6.45, 7) is 21.3. The minimum atomic E-state index is -4.72. The summed E-state index contributed by atoms with van der Waals surface area (Å²) < 4.78 is 45.5. The molecule has 0 radical (unpaired) electrons. The van der Waals surface area contributed by atoms with Crippen molar-refractivity contribution in [3.63, 3.8) is 0 Å². The first-order valence-electron chi connectivity index (χ1n) is 17.5. The fourth-order valence-electron chi connectivity index (χ4n) is 4.36. The Morgan fingerprint density at radius 2 is 1.51 bits per heavy atom. The van der Waals surface area contributed by atoms with Gasteiger partial charge in [0.25, 0.3) is 5.91 Å². The van der Waals surface area contributed by atoms with Crippen LogP contribution in [0.2, 0.25) is 0 Å². The van der Waals surface area contributed by atoms with Gasteiger partial charge in [0, 0.05) is 24.5 Å². The van der Waals surface area contributed by atoms with E-state index in [0.29, 0.717) is 18.4 Å². The molecule has 0 spiro atoms. The van der Waals surface area contributed by atoms with E-state index in [9.17, 15) is 27.6 Å². The zero-order chi connectivity index (χ0) is 40.4. The Bertz CT molecular complexity index is 1690. The Morgan fingerprint density at radius 3 is 2.04 bits per heavy atom. The lowest BCUT2D eigenvalue weighted by atomic mass is 10.1. The summed E-state index contributed by atoms with van der Waals surface area (Å²) in [6.07, 6.45) is -0.910. The van der Waals surface area contributed by atoms with Gasteiger partial charge < -0.3 is 15.4 Å². The molecule has 0 saturated carbocycles. The lowest BCUT2D eigenvalue weighted by Gasteiger charge is -2.27. The number of pyridine rings is 1.